The van der Waals surface area contributed by atoms with Crippen LogP contribution in [-0.2, 0) is 0 Å². The average Bonchev–Trinajstić information content (AvgIpc) is 3.08. The van der Waals surface area contributed by atoms with Crippen LogP contribution in [0.3, 0.4) is 0 Å². The second kappa shape index (κ2) is 5.92. The Morgan fingerprint density at radius 1 is 0.917 bits per heavy atom. The first kappa shape index (κ1) is 14.1. The van der Waals surface area contributed by atoms with Gasteiger partial charge in [0.1, 0.15) is 12.1 Å². The van der Waals surface area contributed by atoms with E-state index in [0.717, 1.165) is 5.69 Å². The molecule has 1 N–H and O–H groups in total. The number of nitrogens with zero attached hydrogens (tertiary/aromatic N) is 4. The van der Waals surface area contributed by atoms with E-state index in [4.69, 9.17) is 0 Å². The number of hydrogen-bond donors (Lipinski definition) is 1. The van der Waals surface area contributed by atoms with Crippen LogP contribution in [0.4, 0.5) is 5.82 Å². The minimum Gasteiger partial charge on any atom is -0.306 e. The fourth-order valence-electron chi connectivity index (χ4n) is 2.47. The summed E-state index contributed by atoms with van der Waals surface area (Å²) in [7, 11) is 0. The summed E-state index contributed by atoms with van der Waals surface area (Å²) in [5.74, 6) is 0.221. The summed E-state index contributed by atoms with van der Waals surface area (Å²) in [5.41, 5.74) is 2.10. The third-order valence-electron chi connectivity index (χ3n) is 3.63. The Hall–Kier alpha value is -3.54. The maximum atomic E-state index is 12.3. The summed E-state index contributed by atoms with van der Waals surface area (Å²) in [4.78, 5) is 20.8. The molecule has 0 aliphatic rings. The summed E-state index contributed by atoms with van der Waals surface area (Å²) >= 11 is 0. The number of anilines is 1. The van der Waals surface area contributed by atoms with Gasteiger partial charge in [0, 0.05) is 5.56 Å². The molecule has 0 radical (unpaired) electrons. The van der Waals surface area contributed by atoms with E-state index in [1.807, 2.05) is 48.5 Å². The number of rotatable bonds is 3. The molecular weight excluding hydrogens is 302 g/mol. The molecule has 0 aliphatic carbocycles. The summed E-state index contributed by atoms with van der Waals surface area (Å²) < 4.78 is 1.72. The molecule has 4 aromatic rings. The number of benzene rings is 2. The van der Waals surface area contributed by atoms with Crippen molar-refractivity contribution in [2.75, 3.05) is 5.32 Å². The molecule has 0 bridgehead atoms. The van der Waals surface area contributed by atoms with Crippen molar-refractivity contribution in [3.8, 4) is 5.69 Å². The van der Waals surface area contributed by atoms with Crippen LogP contribution in [0.15, 0.2) is 73.2 Å². The average molecular weight is 315 g/mol. The van der Waals surface area contributed by atoms with Crippen LogP contribution < -0.4 is 5.32 Å². The van der Waals surface area contributed by atoms with Crippen LogP contribution in [0.2, 0.25) is 0 Å². The van der Waals surface area contributed by atoms with E-state index in [1.165, 1.54) is 6.33 Å². The molecule has 0 atom stereocenters. The molecule has 0 spiro atoms. The van der Waals surface area contributed by atoms with Crippen molar-refractivity contribution in [2.45, 2.75) is 0 Å². The molecule has 0 aliphatic heterocycles. The van der Waals surface area contributed by atoms with Gasteiger partial charge in [0.25, 0.3) is 5.91 Å². The van der Waals surface area contributed by atoms with Gasteiger partial charge in [-0.15, -0.1) is 0 Å². The Kier molecular flexibility index (Phi) is 3.47. The molecule has 1 amide bonds. The Bertz CT molecular complexity index is 996. The van der Waals surface area contributed by atoms with Crippen molar-refractivity contribution in [1.82, 2.24) is 19.7 Å². The molecule has 0 unspecified atom stereocenters. The van der Waals surface area contributed by atoms with Gasteiger partial charge in [0.05, 0.1) is 17.3 Å². The van der Waals surface area contributed by atoms with Gasteiger partial charge >= 0.3 is 0 Å². The van der Waals surface area contributed by atoms with Gasteiger partial charge in [-0.2, -0.15) is 5.10 Å². The smallest absolute Gasteiger partial charge is 0.256 e. The predicted octanol–water partition coefficient (Wildman–Crippen LogP) is 3.07. The quantitative estimate of drug-likeness (QED) is 0.630. The van der Waals surface area contributed by atoms with Gasteiger partial charge in [-0.05, 0) is 24.3 Å². The van der Waals surface area contributed by atoms with Crippen LogP contribution >= 0.6 is 0 Å². The zero-order valence-corrected chi connectivity index (χ0v) is 12.6. The van der Waals surface area contributed by atoms with Gasteiger partial charge in [0.2, 0.25) is 0 Å². The van der Waals surface area contributed by atoms with E-state index in [1.54, 1.807) is 23.0 Å². The molecular formula is C18H13N5O. The lowest BCUT2D eigenvalue weighted by Crippen LogP contribution is -2.13. The fourth-order valence-corrected chi connectivity index (χ4v) is 2.47. The van der Waals surface area contributed by atoms with Gasteiger partial charge in [-0.3, -0.25) is 4.79 Å². The number of fused-ring (bicyclic) bond motifs is 1. The zero-order valence-electron chi connectivity index (χ0n) is 12.6. The molecule has 2 heterocycles. The lowest BCUT2D eigenvalue weighted by Gasteiger charge is -2.06. The number of carbonyl (C=O) groups is 1. The molecule has 0 saturated heterocycles. The predicted molar refractivity (Wildman–Crippen MR) is 91.1 cm³/mol. The first-order chi connectivity index (χ1) is 11.8. The Labute approximate surface area is 137 Å². The van der Waals surface area contributed by atoms with Gasteiger partial charge in [-0.25, -0.2) is 14.6 Å². The van der Waals surface area contributed by atoms with Crippen LogP contribution in [0, 0.1) is 0 Å². The number of nitrogens with one attached hydrogen (secondary N) is 1. The third-order valence-corrected chi connectivity index (χ3v) is 3.63. The first-order valence-electron chi connectivity index (χ1n) is 7.43. The van der Waals surface area contributed by atoms with Gasteiger partial charge in [0.15, 0.2) is 5.65 Å². The summed E-state index contributed by atoms with van der Waals surface area (Å²) in [6.07, 6.45) is 3.08. The SMILES string of the molecule is O=C(Nc1ncnc2c1cnn2-c1ccccc1)c1ccccc1. The van der Waals surface area contributed by atoms with Crippen LogP contribution in [-0.4, -0.2) is 25.7 Å². The van der Waals surface area contributed by atoms with E-state index < -0.39 is 0 Å². The third kappa shape index (κ3) is 2.50. The van der Waals surface area contributed by atoms with E-state index in [0.29, 0.717) is 22.4 Å². The zero-order chi connectivity index (χ0) is 16.4. The Morgan fingerprint density at radius 3 is 2.38 bits per heavy atom. The minimum atomic E-state index is -0.219. The second-order valence-electron chi connectivity index (χ2n) is 5.17. The summed E-state index contributed by atoms with van der Waals surface area (Å²) in [6, 6.07) is 18.7. The molecule has 0 fully saturated rings. The number of hydrogen-bond acceptors (Lipinski definition) is 4. The second-order valence-corrected chi connectivity index (χ2v) is 5.17. The normalized spacial score (nSPS) is 10.7. The van der Waals surface area contributed by atoms with Crippen LogP contribution in [0.25, 0.3) is 16.7 Å². The van der Waals surface area contributed by atoms with E-state index in [-0.39, 0.29) is 5.91 Å². The maximum absolute atomic E-state index is 12.3. The fraction of sp³-hybridized carbons (Fsp3) is 0. The molecule has 116 valence electrons. The van der Waals surface area contributed by atoms with Crippen molar-refractivity contribution in [1.29, 1.82) is 0 Å². The van der Waals surface area contributed by atoms with Crippen molar-refractivity contribution in [3.63, 3.8) is 0 Å². The molecule has 6 nitrogen and oxygen atoms in total. The number of amides is 1. The number of carbonyl (C=O) groups excluding carboxylic acids is 1. The number of para-hydroxylation sites is 1. The van der Waals surface area contributed by atoms with E-state index >= 15 is 0 Å². The van der Waals surface area contributed by atoms with Crippen molar-refractivity contribution in [3.05, 3.63) is 78.8 Å². The summed E-state index contributed by atoms with van der Waals surface area (Å²) in [5, 5.41) is 7.88. The van der Waals surface area contributed by atoms with Crippen LogP contribution in [0.1, 0.15) is 10.4 Å². The number of aromatic nitrogens is 4. The molecule has 0 saturated carbocycles. The monoisotopic (exact) mass is 315 g/mol. The Morgan fingerprint density at radius 2 is 1.62 bits per heavy atom. The topological polar surface area (TPSA) is 72.7 Å². The standard InChI is InChI=1S/C18H13N5O/c24-18(13-7-3-1-4-8-13)22-16-15-11-21-23(17(15)20-12-19-16)14-9-5-2-6-10-14/h1-12H,(H,19,20,22,24). The maximum Gasteiger partial charge on any atom is 0.256 e. The molecule has 6 heteroatoms. The highest BCUT2D eigenvalue weighted by atomic mass is 16.1. The van der Waals surface area contributed by atoms with Crippen LogP contribution in [0.5, 0.6) is 0 Å². The highest BCUT2D eigenvalue weighted by Crippen LogP contribution is 2.21. The van der Waals surface area contributed by atoms with Crippen molar-refractivity contribution < 1.29 is 4.79 Å². The largest absolute Gasteiger partial charge is 0.306 e. The lowest BCUT2D eigenvalue weighted by atomic mass is 10.2. The molecule has 2 aromatic heterocycles. The van der Waals surface area contributed by atoms with Gasteiger partial charge < -0.3 is 5.32 Å². The van der Waals surface area contributed by atoms with Gasteiger partial charge in [-0.1, -0.05) is 36.4 Å². The molecule has 24 heavy (non-hydrogen) atoms. The first-order valence-corrected chi connectivity index (χ1v) is 7.43. The highest BCUT2D eigenvalue weighted by molar-refractivity contribution is 6.07. The Balaban J connectivity index is 1.73. The van der Waals surface area contributed by atoms with E-state index in [2.05, 4.69) is 20.4 Å². The molecule has 4 rings (SSSR count). The molecule has 2 aromatic carbocycles. The minimum absolute atomic E-state index is 0.219. The lowest BCUT2D eigenvalue weighted by molar-refractivity contribution is 0.102. The van der Waals surface area contributed by atoms with Crippen molar-refractivity contribution in [2.24, 2.45) is 0 Å². The van der Waals surface area contributed by atoms with Crippen molar-refractivity contribution >= 4 is 22.8 Å². The highest BCUT2D eigenvalue weighted by Gasteiger charge is 2.13. The van der Waals surface area contributed by atoms with E-state index in [9.17, 15) is 4.79 Å². The summed E-state index contributed by atoms with van der Waals surface area (Å²) in [6.45, 7) is 0.